The first kappa shape index (κ1) is 14.6. The average molecular weight is 313 g/mol. The molecule has 0 fully saturated rings. The van der Waals surface area contributed by atoms with Gasteiger partial charge in [-0.15, -0.1) is 0 Å². The number of hydrogen-bond donors (Lipinski definition) is 2. The Bertz CT molecular complexity index is 662. The SMILES string of the molecule is N=C(N)c1cccc(COc2cccc(Cl)c2Cl)c1F. The Morgan fingerprint density at radius 1 is 1.20 bits per heavy atom. The van der Waals surface area contributed by atoms with Gasteiger partial charge in [0.25, 0.3) is 0 Å². The molecule has 0 amide bonds. The van der Waals surface area contributed by atoms with Crippen LogP contribution in [0.1, 0.15) is 11.1 Å². The summed E-state index contributed by atoms with van der Waals surface area (Å²) in [6.07, 6.45) is 0. The van der Waals surface area contributed by atoms with E-state index >= 15 is 0 Å². The standard InChI is InChI=1S/C14H11Cl2FN2O/c15-10-5-2-6-11(12(10)16)20-7-8-3-1-4-9(13(8)17)14(18)19/h1-6H,7H2,(H3,18,19). The summed E-state index contributed by atoms with van der Waals surface area (Å²) < 4.78 is 19.5. The second kappa shape index (κ2) is 6.11. The molecule has 2 aromatic carbocycles. The van der Waals surface area contributed by atoms with E-state index in [1.165, 1.54) is 6.07 Å². The van der Waals surface area contributed by atoms with E-state index in [-0.39, 0.29) is 28.6 Å². The van der Waals surface area contributed by atoms with Crippen molar-refractivity contribution < 1.29 is 9.13 Å². The maximum Gasteiger partial charge on any atom is 0.140 e. The number of hydrogen-bond acceptors (Lipinski definition) is 2. The van der Waals surface area contributed by atoms with E-state index in [0.29, 0.717) is 10.8 Å². The molecule has 0 bridgehead atoms. The van der Waals surface area contributed by atoms with Gasteiger partial charge < -0.3 is 10.5 Å². The van der Waals surface area contributed by atoms with Gasteiger partial charge in [0.1, 0.15) is 29.0 Å². The molecular weight excluding hydrogens is 302 g/mol. The number of rotatable bonds is 4. The van der Waals surface area contributed by atoms with Crippen molar-refractivity contribution >= 4 is 29.0 Å². The minimum Gasteiger partial charge on any atom is -0.487 e. The summed E-state index contributed by atoms with van der Waals surface area (Å²) in [5.41, 5.74) is 5.63. The Balaban J connectivity index is 2.21. The predicted octanol–water partition coefficient (Wildman–Crippen LogP) is 4.00. The molecule has 2 aromatic rings. The first-order valence-electron chi connectivity index (χ1n) is 5.69. The van der Waals surface area contributed by atoms with Crippen LogP contribution in [0.15, 0.2) is 36.4 Å². The molecule has 20 heavy (non-hydrogen) atoms. The molecule has 0 saturated carbocycles. The first-order chi connectivity index (χ1) is 9.50. The second-order valence-corrected chi connectivity index (χ2v) is 4.82. The van der Waals surface area contributed by atoms with Gasteiger partial charge in [0.05, 0.1) is 10.6 Å². The van der Waals surface area contributed by atoms with Crippen molar-refractivity contribution in [2.24, 2.45) is 5.73 Å². The number of ether oxygens (including phenoxy) is 1. The van der Waals surface area contributed by atoms with Crippen molar-refractivity contribution in [3.05, 3.63) is 63.4 Å². The smallest absolute Gasteiger partial charge is 0.140 e. The van der Waals surface area contributed by atoms with Crippen LogP contribution >= 0.6 is 23.2 Å². The number of nitrogen functional groups attached to an aromatic ring is 1. The van der Waals surface area contributed by atoms with Crippen LogP contribution in [-0.2, 0) is 6.61 Å². The Morgan fingerprint density at radius 2 is 1.90 bits per heavy atom. The molecule has 0 aromatic heterocycles. The molecule has 6 heteroatoms. The minimum absolute atomic E-state index is 0.0347. The summed E-state index contributed by atoms with van der Waals surface area (Å²) in [7, 11) is 0. The molecule has 0 aliphatic heterocycles. The predicted molar refractivity (Wildman–Crippen MR) is 78.2 cm³/mol. The average Bonchev–Trinajstić information content (AvgIpc) is 2.41. The van der Waals surface area contributed by atoms with Crippen molar-refractivity contribution in [3.8, 4) is 5.75 Å². The first-order valence-corrected chi connectivity index (χ1v) is 6.45. The third-order valence-electron chi connectivity index (χ3n) is 2.67. The third kappa shape index (κ3) is 3.03. The lowest BCUT2D eigenvalue weighted by molar-refractivity contribution is 0.300. The van der Waals surface area contributed by atoms with Crippen LogP contribution < -0.4 is 10.5 Å². The number of nitrogens with two attached hydrogens (primary N) is 1. The molecule has 0 radical (unpaired) electrons. The monoisotopic (exact) mass is 312 g/mol. The molecule has 3 nitrogen and oxygen atoms in total. The highest BCUT2D eigenvalue weighted by atomic mass is 35.5. The van der Waals surface area contributed by atoms with E-state index in [2.05, 4.69) is 0 Å². The van der Waals surface area contributed by atoms with E-state index < -0.39 is 5.82 Å². The van der Waals surface area contributed by atoms with Crippen LogP contribution in [0.25, 0.3) is 0 Å². The molecule has 0 unspecified atom stereocenters. The van der Waals surface area contributed by atoms with Gasteiger partial charge in [0.15, 0.2) is 0 Å². The zero-order valence-corrected chi connectivity index (χ0v) is 11.8. The van der Waals surface area contributed by atoms with Crippen LogP contribution in [0.5, 0.6) is 5.75 Å². The second-order valence-electron chi connectivity index (χ2n) is 4.03. The number of amidine groups is 1. The van der Waals surface area contributed by atoms with Crippen LogP contribution in [-0.4, -0.2) is 5.84 Å². The van der Waals surface area contributed by atoms with Crippen LogP contribution in [0.2, 0.25) is 10.0 Å². The van der Waals surface area contributed by atoms with Crippen molar-refractivity contribution in [2.45, 2.75) is 6.61 Å². The highest BCUT2D eigenvalue weighted by Crippen LogP contribution is 2.32. The summed E-state index contributed by atoms with van der Waals surface area (Å²) in [6.45, 7) is -0.0347. The molecule has 0 saturated heterocycles. The van der Waals surface area contributed by atoms with E-state index in [4.69, 9.17) is 39.1 Å². The normalized spacial score (nSPS) is 10.3. The largest absolute Gasteiger partial charge is 0.487 e. The molecule has 0 aliphatic carbocycles. The quantitative estimate of drug-likeness (QED) is 0.662. The molecule has 0 aliphatic rings. The summed E-state index contributed by atoms with van der Waals surface area (Å²) >= 11 is 11.8. The molecule has 0 atom stereocenters. The fourth-order valence-electron chi connectivity index (χ4n) is 1.65. The van der Waals surface area contributed by atoms with Gasteiger partial charge in [0.2, 0.25) is 0 Å². The van der Waals surface area contributed by atoms with Gasteiger partial charge in [-0.3, -0.25) is 5.41 Å². The van der Waals surface area contributed by atoms with E-state index in [0.717, 1.165) is 0 Å². The maximum atomic E-state index is 14.0. The van der Waals surface area contributed by atoms with Crippen molar-refractivity contribution in [3.63, 3.8) is 0 Å². The number of benzene rings is 2. The van der Waals surface area contributed by atoms with Gasteiger partial charge in [-0.05, 0) is 18.2 Å². The Hall–Kier alpha value is -1.78. The summed E-state index contributed by atoms with van der Waals surface area (Å²) in [5.74, 6) is -0.532. The van der Waals surface area contributed by atoms with Crippen molar-refractivity contribution in [1.82, 2.24) is 0 Å². The van der Waals surface area contributed by atoms with E-state index in [9.17, 15) is 4.39 Å². The lowest BCUT2D eigenvalue weighted by atomic mass is 10.1. The lowest BCUT2D eigenvalue weighted by Gasteiger charge is -2.11. The number of halogens is 3. The zero-order valence-electron chi connectivity index (χ0n) is 10.3. The van der Waals surface area contributed by atoms with Gasteiger partial charge in [-0.2, -0.15) is 0 Å². The molecule has 0 heterocycles. The summed E-state index contributed by atoms with van der Waals surface area (Å²) in [4.78, 5) is 0. The Kier molecular flexibility index (Phi) is 4.47. The lowest BCUT2D eigenvalue weighted by Crippen LogP contribution is -2.14. The summed E-state index contributed by atoms with van der Waals surface area (Å²) in [6, 6.07) is 9.56. The molecule has 3 N–H and O–H groups in total. The van der Waals surface area contributed by atoms with Crippen molar-refractivity contribution in [1.29, 1.82) is 5.41 Å². The molecule has 104 valence electrons. The highest BCUT2D eigenvalue weighted by molar-refractivity contribution is 6.42. The van der Waals surface area contributed by atoms with Gasteiger partial charge in [-0.25, -0.2) is 4.39 Å². The fourth-order valence-corrected chi connectivity index (χ4v) is 2.00. The minimum atomic E-state index is -0.571. The van der Waals surface area contributed by atoms with Crippen LogP contribution in [0, 0.1) is 11.2 Å². The van der Waals surface area contributed by atoms with E-state index in [1.54, 1.807) is 30.3 Å². The molecular formula is C14H11Cl2FN2O. The maximum absolute atomic E-state index is 14.0. The number of nitrogens with one attached hydrogen (secondary N) is 1. The Morgan fingerprint density at radius 3 is 2.60 bits per heavy atom. The van der Waals surface area contributed by atoms with Gasteiger partial charge in [-0.1, -0.05) is 41.4 Å². The highest BCUT2D eigenvalue weighted by Gasteiger charge is 2.12. The van der Waals surface area contributed by atoms with Crippen molar-refractivity contribution in [2.75, 3.05) is 0 Å². The Labute approximate surface area is 125 Å². The third-order valence-corrected chi connectivity index (χ3v) is 3.47. The molecule has 2 rings (SSSR count). The topological polar surface area (TPSA) is 59.1 Å². The van der Waals surface area contributed by atoms with E-state index in [1.807, 2.05) is 0 Å². The molecule has 0 spiro atoms. The zero-order chi connectivity index (χ0) is 14.7. The van der Waals surface area contributed by atoms with Crippen LogP contribution in [0.4, 0.5) is 4.39 Å². The van der Waals surface area contributed by atoms with Gasteiger partial charge in [0, 0.05) is 5.56 Å². The van der Waals surface area contributed by atoms with Gasteiger partial charge >= 0.3 is 0 Å². The fraction of sp³-hybridized carbons (Fsp3) is 0.0714. The summed E-state index contributed by atoms with van der Waals surface area (Å²) in [5, 5.41) is 7.93. The van der Waals surface area contributed by atoms with Crippen LogP contribution in [0.3, 0.4) is 0 Å².